The van der Waals surface area contributed by atoms with Gasteiger partial charge in [0, 0.05) is 16.8 Å². The third kappa shape index (κ3) is 3.13. The maximum atomic E-state index is 12.4. The van der Waals surface area contributed by atoms with Crippen LogP contribution in [0.15, 0.2) is 47.0 Å². The highest BCUT2D eigenvalue weighted by Gasteiger charge is 2.11. The summed E-state index contributed by atoms with van der Waals surface area (Å²) in [6.45, 7) is 5.77. The Morgan fingerprint density at radius 3 is 2.43 bits per heavy atom. The van der Waals surface area contributed by atoms with Crippen LogP contribution in [-0.4, -0.2) is 16.0 Å². The lowest BCUT2D eigenvalue weighted by atomic mass is 10.1. The quantitative estimate of drug-likeness (QED) is 0.796. The second-order valence-electron chi connectivity index (χ2n) is 5.43. The van der Waals surface area contributed by atoms with E-state index in [-0.39, 0.29) is 5.91 Å². The number of hydrogen-bond donors (Lipinski definition) is 1. The van der Waals surface area contributed by atoms with E-state index in [2.05, 4.69) is 15.5 Å². The third-order valence-corrected chi connectivity index (χ3v) is 3.77. The van der Waals surface area contributed by atoms with Gasteiger partial charge in [0.05, 0.1) is 0 Å². The molecule has 2 aromatic carbocycles. The molecule has 0 atom stereocenters. The summed E-state index contributed by atoms with van der Waals surface area (Å²) in [4.78, 5) is 16.5. The van der Waals surface area contributed by atoms with Crippen molar-refractivity contribution in [1.82, 2.24) is 10.1 Å². The van der Waals surface area contributed by atoms with Gasteiger partial charge in [0.15, 0.2) is 5.82 Å². The Morgan fingerprint density at radius 2 is 1.78 bits per heavy atom. The van der Waals surface area contributed by atoms with Crippen LogP contribution >= 0.6 is 0 Å². The lowest BCUT2D eigenvalue weighted by molar-refractivity contribution is 0.102. The maximum absolute atomic E-state index is 12.4. The number of nitrogens with one attached hydrogen (secondary N) is 1. The zero-order valence-electron chi connectivity index (χ0n) is 13.3. The Labute approximate surface area is 134 Å². The average molecular weight is 307 g/mol. The average Bonchev–Trinajstić information content (AvgIpc) is 2.98. The Kier molecular flexibility index (Phi) is 3.93. The molecule has 5 nitrogen and oxygen atoms in total. The number of anilines is 1. The minimum Gasteiger partial charge on any atom is -0.334 e. The van der Waals surface area contributed by atoms with Crippen molar-refractivity contribution in [1.29, 1.82) is 0 Å². The van der Waals surface area contributed by atoms with Gasteiger partial charge >= 0.3 is 0 Å². The first-order valence-corrected chi connectivity index (χ1v) is 7.33. The van der Waals surface area contributed by atoms with Gasteiger partial charge in [0.1, 0.15) is 0 Å². The van der Waals surface area contributed by atoms with Crippen molar-refractivity contribution in [3.63, 3.8) is 0 Å². The molecule has 116 valence electrons. The van der Waals surface area contributed by atoms with E-state index in [1.807, 2.05) is 32.0 Å². The molecular formula is C18H17N3O2. The molecule has 0 aliphatic rings. The zero-order chi connectivity index (χ0) is 16.4. The molecule has 0 unspecified atom stereocenters. The Morgan fingerprint density at radius 1 is 1.04 bits per heavy atom. The Bertz CT molecular complexity index is 851. The van der Waals surface area contributed by atoms with Gasteiger partial charge in [-0.1, -0.05) is 17.3 Å². The monoisotopic (exact) mass is 307 g/mol. The van der Waals surface area contributed by atoms with Crippen molar-refractivity contribution in [2.24, 2.45) is 0 Å². The molecule has 23 heavy (non-hydrogen) atoms. The minimum absolute atomic E-state index is 0.146. The van der Waals surface area contributed by atoms with E-state index in [9.17, 15) is 4.79 Å². The van der Waals surface area contributed by atoms with Crippen LogP contribution in [0.5, 0.6) is 0 Å². The maximum Gasteiger partial charge on any atom is 0.257 e. The van der Waals surface area contributed by atoms with E-state index in [1.54, 1.807) is 31.2 Å². The molecule has 3 rings (SSSR count). The van der Waals surface area contributed by atoms with E-state index in [0.29, 0.717) is 17.3 Å². The fourth-order valence-electron chi connectivity index (χ4n) is 2.26. The summed E-state index contributed by atoms with van der Waals surface area (Å²) in [5, 5.41) is 6.70. The number of carbonyl (C=O) groups is 1. The van der Waals surface area contributed by atoms with Gasteiger partial charge in [-0.25, -0.2) is 0 Å². The molecule has 0 fully saturated rings. The predicted molar refractivity (Wildman–Crippen MR) is 88.3 cm³/mol. The highest BCUT2D eigenvalue weighted by molar-refractivity contribution is 6.04. The number of nitrogens with zero attached hydrogens (tertiary/aromatic N) is 2. The number of aromatic nitrogens is 2. The minimum atomic E-state index is -0.146. The summed E-state index contributed by atoms with van der Waals surface area (Å²) in [5.41, 5.74) is 4.40. The van der Waals surface area contributed by atoms with Crippen LogP contribution in [0.3, 0.4) is 0 Å². The lowest BCUT2D eigenvalue weighted by Gasteiger charge is -2.10. The van der Waals surface area contributed by atoms with Crippen LogP contribution in [0.25, 0.3) is 11.5 Å². The second kappa shape index (κ2) is 6.04. The third-order valence-electron chi connectivity index (χ3n) is 3.77. The van der Waals surface area contributed by atoms with E-state index in [1.165, 1.54) is 0 Å². The molecule has 0 saturated heterocycles. The molecule has 5 heteroatoms. The molecule has 0 saturated carbocycles. The molecule has 0 spiro atoms. The molecule has 0 aliphatic carbocycles. The molecular weight excluding hydrogens is 290 g/mol. The fourth-order valence-corrected chi connectivity index (χ4v) is 2.26. The van der Waals surface area contributed by atoms with Gasteiger partial charge < -0.3 is 9.84 Å². The summed E-state index contributed by atoms with van der Waals surface area (Å²) >= 11 is 0. The van der Waals surface area contributed by atoms with Crippen molar-refractivity contribution >= 4 is 11.6 Å². The van der Waals surface area contributed by atoms with Crippen LogP contribution in [-0.2, 0) is 0 Å². The van der Waals surface area contributed by atoms with E-state index in [4.69, 9.17) is 4.52 Å². The van der Waals surface area contributed by atoms with Crippen LogP contribution in [0.4, 0.5) is 5.69 Å². The molecule has 1 aromatic heterocycles. The molecule has 0 bridgehead atoms. The van der Waals surface area contributed by atoms with Crippen LogP contribution in [0.1, 0.15) is 27.3 Å². The first-order valence-electron chi connectivity index (χ1n) is 7.33. The SMILES string of the molecule is Cc1noc(-c2ccc(C(=O)Nc3cccc(C)c3C)cc2)n1. The van der Waals surface area contributed by atoms with Gasteiger partial charge in [-0.2, -0.15) is 4.98 Å². The van der Waals surface area contributed by atoms with Crippen molar-refractivity contribution in [3.8, 4) is 11.5 Å². The molecule has 1 N–H and O–H groups in total. The summed E-state index contributed by atoms with van der Waals surface area (Å²) in [7, 11) is 0. The van der Waals surface area contributed by atoms with Crippen LogP contribution in [0.2, 0.25) is 0 Å². The largest absolute Gasteiger partial charge is 0.334 e. The summed E-state index contributed by atoms with van der Waals surface area (Å²) in [6.07, 6.45) is 0. The first-order chi connectivity index (χ1) is 11.0. The van der Waals surface area contributed by atoms with Crippen molar-refractivity contribution < 1.29 is 9.32 Å². The smallest absolute Gasteiger partial charge is 0.257 e. The number of carbonyl (C=O) groups excluding carboxylic acids is 1. The molecule has 1 amide bonds. The Hall–Kier alpha value is -2.95. The molecule has 0 aliphatic heterocycles. The van der Waals surface area contributed by atoms with E-state index in [0.717, 1.165) is 22.4 Å². The summed E-state index contributed by atoms with van der Waals surface area (Å²) in [6, 6.07) is 12.9. The standard InChI is InChI=1S/C18H17N3O2/c1-11-5-4-6-16(12(11)2)20-17(22)14-7-9-15(10-8-14)18-19-13(3)21-23-18/h4-10H,1-3H3,(H,20,22). The number of rotatable bonds is 3. The molecule has 3 aromatic rings. The van der Waals surface area contributed by atoms with Gasteiger partial charge in [-0.3, -0.25) is 4.79 Å². The van der Waals surface area contributed by atoms with Crippen LogP contribution in [0, 0.1) is 20.8 Å². The van der Waals surface area contributed by atoms with Crippen molar-refractivity contribution in [2.75, 3.05) is 5.32 Å². The normalized spacial score (nSPS) is 10.6. The number of amides is 1. The number of benzene rings is 2. The first kappa shape index (κ1) is 15.0. The highest BCUT2D eigenvalue weighted by atomic mass is 16.5. The number of hydrogen-bond acceptors (Lipinski definition) is 4. The molecule has 1 heterocycles. The van der Waals surface area contributed by atoms with Gasteiger partial charge in [0.2, 0.25) is 0 Å². The zero-order valence-corrected chi connectivity index (χ0v) is 13.3. The molecule has 0 radical (unpaired) electrons. The summed E-state index contributed by atoms with van der Waals surface area (Å²) < 4.78 is 5.11. The Balaban J connectivity index is 1.79. The van der Waals surface area contributed by atoms with Gasteiger partial charge in [-0.15, -0.1) is 0 Å². The van der Waals surface area contributed by atoms with E-state index < -0.39 is 0 Å². The fraction of sp³-hybridized carbons (Fsp3) is 0.167. The lowest BCUT2D eigenvalue weighted by Crippen LogP contribution is -2.12. The van der Waals surface area contributed by atoms with Gasteiger partial charge in [0.25, 0.3) is 11.8 Å². The predicted octanol–water partition coefficient (Wildman–Crippen LogP) is 3.91. The van der Waals surface area contributed by atoms with Crippen molar-refractivity contribution in [2.45, 2.75) is 20.8 Å². The second-order valence-corrected chi connectivity index (χ2v) is 5.43. The van der Waals surface area contributed by atoms with Gasteiger partial charge in [-0.05, 0) is 62.2 Å². The van der Waals surface area contributed by atoms with Crippen molar-refractivity contribution in [3.05, 3.63) is 65.0 Å². The van der Waals surface area contributed by atoms with Crippen LogP contribution < -0.4 is 5.32 Å². The number of aryl methyl sites for hydroxylation is 2. The van der Waals surface area contributed by atoms with E-state index >= 15 is 0 Å². The highest BCUT2D eigenvalue weighted by Crippen LogP contribution is 2.21. The topological polar surface area (TPSA) is 68.0 Å². The summed E-state index contributed by atoms with van der Waals surface area (Å²) in [5.74, 6) is 0.882.